The van der Waals surface area contributed by atoms with Gasteiger partial charge >= 0.3 is 11.9 Å². The van der Waals surface area contributed by atoms with E-state index in [9.17, 15) is 14.4 Å². The molecule has 0 aliphatic rings. The quantitative estimate of drug-likeness (QED) is 0.584. The molecule has 0 unspecified atom stereocenters. The number of ketones is 1. The highest BCUT2D eigenvalue weighted by Crippen LogP contribution is 2.11. The molecule has 1 aromatic carbocycles. The Labute approximate surface area is 91.3 Å². The largest absolute Gasteiger partial charge is 0.480 e. The molecule has 0 saturated carbocycles. The van der Waals surface area contributed by atoms with Gasteiger partial charge in [-0.25, -0.2) is 0 Å². The predicted octanol–water partition coefficient (Wildman–Crippen LogP) is 0.963. The van der Waals surface area contributed by atoms with Gasteiger partial charge < -0.3 is 10.2 Å². The summed E-state index contributed by atoms with van der Waals surface area (Å²) in [4.78, 5) is 32.8. The number of hydrogen-bond acceptors (Lipinski definition) is 3. The average Bonchev–Trinajstić information content (AvgIpc) is 2.17. The van der Waals surface area contributed by atoms with Crippen molar-refractivity contribution in [2.75, 3.05) is 0 Å². The van der Waals surface area contributed by atoms with Crippen LogP contribution in [0.1, 0.15) is 15.9 Å². The van der Waals surface area contributed by atoms with E-state index in [0.717, 1.165) is 5.56 Å². The van der Waals surface area contributed by atoms with E-state index in [-0.39, 0.29) is 5.56 Å². The summed E-state index contributed by atoms with van der Waals surface area (Å²) >= 11 is 0. The Hall–Kier alpha value is -2.17. The Balaban J connectivity index is 3.04. The van der Waals surface area contributed by atoms with E-state index in [1.54, 1.807) is 19.1 Å². The van der Waals surface area contributed by atoms with E-state index < -0.39 is 23.6 Å². The third-order valence-corrected chi connectivity index (χ3v) is 2.09. The summed E-state index contributed by atoms with van der Waals surface area (Å²) in [7, 11) is 0. The molecule has 0 aliphatic heterocycles. The molecule has 0 fully saturated rings. The minimum absolute atomic E-state index is 0.0837. The molecular weight excluding hydrogens is 212 g/mol. The molecule has 0 aromatic heterocycles. The number of aryl methyl sites for hydroxylation is 1. The van der Waals surface area contributed by atoms with Gasteiger partial charge in [-0.2, -0.15) is 0 Å². The van der Waals surface area contributed by atoms with Crippen molar-refractivity contribution in [3.8, 4) is 0 Å². The number of carboxylic acid groups (broad SMARTS) is 2. The summed E-state index contributed by atoms with van der Waals surface area (Å²) in [5.41, 5.74) is 0.985. The molecule has 0 radical (unpaired) electrons. The Kier molecular flexibility index (Phi) is 3.40. The van der Waals surface area contributed by atoms with E-state index in [2.05, 4.69) is 0 Å². The summed E-state index contributed by atoms with van der Waals surface area (Å²) in [6.07, 6.45) is 0. The van der Waals surface area contributed by atoms with Crippen molar-refractivity contribution in [2.45, 2.75) is 6.92 Å². The van der Waals surface area contributed by atoms with E-state index in [0.29, 0.717) is 0 Å². The monoisotopic (exact) mass is 222 g/mol. The van der Waals surface area contributed by atoms with Gasteiger partial charge in [-0.1, -0.05) is 29.8 Å². The fourth-order valence-electron chi connectivity index (χ4n) is 1.21. The normalized spacial score (nSPS) is 10.1. The second-order valence-corrected chi connectivity index (χ2v) is 3.34. The highest BCUT2D eigenvalue weighted by molar-refractivity contribution is 6.19. The predicted molar refractivity (Wildman–Crippen MR) is 54.3 cm³/mol. The summed E-state index contributed by atoms with van der Waals surface area (Å²) in [6.45, 7) is 1.81. The first-order valence-electron chi connectivity index (χ1n) is 4.50. The zero-order valence-corrected chi connectivity index (χ0v) is 8.51. The number of Topliss-reactive ketones (excluding diaryl/α,β-unsaturated/α-hetero) is 1. The van der Waals surface area contributed by atoms with Crippen molar-refractivity contribution < 1.29 is 24.6 Å². The van der Waals surface area contributed by atoms with Crippen LogP contribution in [0.5, 0.6) is 0 Å². The standard InChI is InChI=1S/C11H10O5/c1-6-2-4-7(5-3-6)9(12)8(10(13)14)11(15)16/h2-5,8H,1H3,(H,13,14)(H,15,16). The molecule has 0 bridgehead atoms. The molecule has 0 saturated heterocycles. The molecular formula is C11H10O5. The van der Waals surface area contributed by atoms with Crippen LogP contribution < -0.4 is 0 Å². The number of carbonyl (C=O) groups excluding carboxylic acids is 1. The van der Waals surface area contributed by atoms with Crippen LogP contribution in [-0.2, 0) is 9.59 Å². The van der Waals surface area contributed by atoms with Crippen LogP contribution in [0, 0.1) is 12.8 Å². The lowest BCUT2D eigenvalue weighted by molar-refractivity contribution is -0.151. The molecule has 1 rings (SSSR count). The van der Waals surface area contributed by atoms with Crippen LogP contribution in [0.4, 0.5) is 0 Å². The number of benzene rings is 1. The molecule has 1 aromatic rings. The first-order valence-corrected chi connectivity index (χ1v) is 4.50. The molecule has 0 amide bonds. The van der Waals surface area contributed by atoms with E-state index in [1.807, 2.05) is 0 Å². The highest BCUT2D eigenvalue weighted by Gasteiger charge is 2.34. The highest BCUT2D eigenvalue weighted by atomic mass is 16.4. The minimum Gasteiger partial charge on any atom is -0.480 e. The van der Waals surface area contributed by atoms with Gasteiger partial charge in [0.1, 0.15) is 0 Å². The van der Waals surface area contributed by atoms with Crippen LogP contribution in [0.3, 0.4) is 0 Å². The Morgan fingerprint density at radius 2 is 1.44 bits per heavy atom. The summed E-state index contributed by atoms with van der Waals surface area (Å²) in [5.74, 6) is -6.26. The smallest absolute Gasteiger partial charge is 0.325 e. The topological polar surface area (TPSA) is 91.7 Å². The van der Waals surface area contributed by atoms with Gasteiger partial charge in [-0.3, -0.25) is 14.4 Å². The molecule has 0 aliphatic carbocycles. The number of carbonyl (C=O) groups is 3. The molecule has 0 spiro atoms. The van der Waals surface area contributed by atoms with Crippen LogP contribution in [-0.4, -0.2) is 27.9 Å². The minimum atomic E-state index is -2.04. The van der Waals surface area contributed by atoms with Gasteiger partial charge in [0, 0.05) is 5.56 Å². The second kappa shape index (κ2) is 4.57. The molecule has 16 heavy (non-hydrogen) atoms. The fourth-order valence-corrected chi connectivity index (χ4v) is 1.21. The number of aliphatic carboxylic acids is 2. The lowest BCUT2D eigenvalue weighted by Gasteiger charge is -2.06. The van der Waals surface area contributed by atoms with Crippen molar-refractivity contribution in [1.29, 1.82) is 0 Å². The van der Waals surface area contributed by atoms with Crippen molar-refractivity contribution in [3.05, 3.63) is 35.4 Å². The Morgan fingerprint density at radius 1 is 1.00 bits per heavy atom. The van der Waals surface area contributed by atoms with Crippen LogP contribution in [0.15, 0.2) is 24.3 Å². The number of hydrogen-bond donors (Lipinski definition) is 2. The maximum absolute atomic E-state index is 11.6. The van der Waals surface area contributed by atoms with Gasteiger partial charge in [-0.15, -0.1) is 0 Å². The van der Waals surface area contributed by atoms with Crippen molar-refractivity contribution in [2.24, 2.45) is 5.92 Å². The van der Waals surface area contributed by atoms with E-state index in [1.165, 1.54) is 12.1 Å². The molecule has 2 N–H and O–H groups in total. The van der Waals surface area contributed by atoms with Crippen molar-refractivity contribution >= 4 is 17.7 Å². The maximum atomic E-state index is 11.6. The summed E-state index contributed by atoms with van der Waals surface area (Å²) < 4.78 is 0. The fraction of sp³-hybridized carbons (Fsp3) is 0.182. The van der Waals surface area contributed by atoms with Crippen molar-refractivity contribution in [3.63, 3.8) is 0 Å². The van der Waals surface area contributed by atoms with Gasteiger partial charge in [0.05, 0.1) is 0 Å². The van der Waals surface area contributed by atoms with Crippen LogP contribution in [0.25, 0.3) is 0 Å². The van der Waals surface area contributed by atoms with Crippen LogP contribution in [0.2, 0.25) is 0 Å². The van der Waals surface area contributed by atoms with Crippen LogP contribution >= 0.6 is 0 Å². The van der Waals surface area contributed by atoms with Gasteiger partial charge in [-0.05, 0) is 6.92 Å². The first kappa shape index (κ1) is 11.9. The van der Waals surface area contributed by atoms with Gasteiger partial charge in [0.25, 0.3) is 0 Å². The lowest BCUT2D eigenvalue weighted by Crippen LogP contribution is -2.31. The zero-order chi connectivity index (χ0) is 12.3. The SMILES string of the molecule is Cc1ccc(C(=O)C(C(=O)O)C(=O)O)cc1. The number of rotatable bonds is 4. The third-order valence-electron chi connectivity index (χ3n) is 2.09. The molecule has 84 valence electrons. The Morgan fingerprint density at radius 3 is 1.81 bits per heavy atom. The summed E-state index contributed by atoms with van der Waals surface area (Å²) in [5, 5.41) is 17.3. The van der Waals surface area contributed by atoms with Gasteiger partial charge in [0.15, 0.2) is 5.78 Å². The summed E-state index contributed by atoms with van der Waals surface area (Å²) in [6, 6.07) is 6.06. The molecule has 5 heteroatoms. The number of carboxylic acids is 2. The van der Waals surface area contributed by atoms with Gasteiger partial charge in [0.2, 0.25) is 5.92 Å². The average molecular weight is 222 g/mol. The zero-order valence-electron chi connectivity index (χ0n) is 8.51. The second-order valence-electron chi connectivity index (χ2n) is 3.34. The molecule has 0 heterocycles. The van der Waals surface area contributed by atoms with Crippen molar-refractivity contribution in [1.82, 2.24) is 0 Å². The van der Waals surface area contributed by atoms with E-state index >= 15 is 0 Å². The van der Waals surface area contributed by atoms with E-state index in [4.69, 9.17) is 10.2 Å². The first-order chi connectivity index (χ1) is 7.43. The Bertz CT molecular complexity index is 418. The molecule has 0 atom stereocenters. The third kappa shape index (κ3) is 2.44. The maximum Gasteiger partial charge on any atom is 0.325 e. The molecule has 5 nitrogen and oxygen atoms in total. The lowest BCUT2D eigenvalue weighted by atomic mass is 9.97.